The number of carbonyl (C=O) groups is 1. The lowest BCUT2D eigenvalue weighted by molar-refractivity contribution is -0.122. The maximum absolute atomic E-state index is 12.0. The average molecular weight is 450 g/mol. The Morgan fingerprint density at radius 2 is 2.19 bits per heavy atom. The van der Waals surface area contributed by atoms with Crippen LogP contribution in [0, 0.1) is 5.53 Å². The minimum Gasteiger partial charge on any atom is -0.392 e. The van der Waals surface area contributed by atoms with Crippen LogP contribution in [-0.2, 0) is 28.0 Å². The lowest BCUT2D eigenvalue weighted by Gasteiger charge is -2.44. The maximum Gasteiger partial charge on any atom is 0.242 e. The van der Waals surface area contributed by atoms with Crippen LogP contribution in [0.4, 0.5) is 0 Å². The molecule has 2 aliphatic heterocycles. The van der Waals surface area contributed by atoms with E-state index >= 15 is 0 Å². The number of ether oxygens (including phenoxy) is 1. The molecule has 1 amide bonds. The molecule has 8 nitrogen and oxygen atoms in total. The van der Waals surface area contributed by atoms with Crippen molar-refractivity contribution in [3.63, 3.8) is 0 Å². The third kappa shape index (κ3) is 5.91. The Kier molecular flexibility index (Phi) is 8.21. The summed E-state index contributed by atoms with van der Waals surface area (Å²) in [6.07, 6.45) is 5.03. The molecule has 2 unspecified atom stereocenters. The van der Waals surface area contributed by atoms with Gasteiger partial charge < -0.3 is 20.5 Å². The topological polar surface area (TPSA) is 110 Å². The molecule has 2 atom stereocenters. The molecule has 0 aliphatic carbocycles. The summed E-state index contributed by atoms with van der Waals surface area (Å²) >= 11 is 1.94. The monoisotopic (exact) mass is 449 g/mol. The van der Waals surface area contributed by atoms with E-state index in [1.165, 1.54) is 15.3 Å². The summed E-state index contributed by atoms with van der Waals surface area (Å²) in [7, 11) is 0. The zero-order valence-electron chi connectivity index (χ0n) is 18.7. The number of amides is 1. The van der Waals surface area contributed by atoms with E-state index in [1.807, 2.05) is 11.3 Å². The highest BCUT2D eigenvalue weighted by molar-refractivity contribution is 7.12. The predicted octanol–water partition coefficient (Wildman–Crippen LogP) is 2.52. The van der Waals surface area contributed by atoms with Crippen LogP contribution in [0.2, 0.25) is 0 Å². The van der Waals surface area contributed by atoms with Crippen molar-refractivity contribution in [2.45, 2.75) is 64.2 Å². The molecule has 172 valence electrons. The zero-order chi connectivity index (χ0) is 22.4. The first kappa shape index (κ1) is 23.8. The van der Waals surface area contributed by atoms with E-state index in [2.05, 4.69) is 33.6 Å². The third-order valence-electron chi connectivity index (χ3n) is 6.06. The largest absolute Gasteiger partial charge is 0.392 e. The van der Waals surface area contributed by atoms with Crippen molar-refractivity contribution < 1.29 is 14.6 Å². The number of thiophene rings is 1. The first-order chi connectivity index (χ1) is 14.9. The highest BCUT2D eigenvalue weighted by Gasteiger charge is 2.41. The van der Waals surface area contributed by atoms with E-state index < -0.39 is 12.1 Å². The number of fused-ring (bicyclic) bond motifs is 2. The number of piperidine rings is 1. The van der Waals surface area contributed by atoms with E-state index in [-0.39, 0.29) is 18.1 Å². The molecule has 0 aromatic carbocycles. The zero-order valence-corrected chi connectivity index (χ0v) is 19.6. The fourth-order valence-electron chi connectivity index (χ4n) is 4.17. The second kappa shape index (κ2) is 10.7. The molecule has 1 saturated heterocycles. The first-order valence-electron chi connectivity index (χ1n) is 11.1. The van der Waals surface area contributed by atoms with E-state index in [0.717, 1.165) is 45.4 Å². The summed E-state index contributed by atoms with van der Waals surface area (Å²) in [4.78, 5) is 17.2. The van der Waals surface area contributed by atoms with E-state index in [4.69, 9.17) is 10.3 Å². The first-order valence-corrected chi connectivity index (χ1v) is 11.9. The molecule has 31 heavy (non-hydrogen) atoms. The van der Waals surface area contributed by atoms with Gasteiger partial charge in [0.25, 0.3) is 0 Å². The second-order valence-corrected chi connectivity index (χ2v) is 9.72. The van der Waals surface area contributed by atoms with Crippen molar-refractivity contribution in [3.8, 4) is 0 Å². The van der Waals surface area contributed by atoms with Gasteiger partial charge in [0, 0.05) is 48.6 Å². The van der Waals surface area contributed by atoms with Crippen LogP contribution < -0.4 is 10.6 Å². The number of aliphatic hydroxyl groups excluding tert-OH is 1. The van der Waals surface area contributed by atoms with E-state index in [1.54, 1.807) is 20.0 Å². The molecular formula is C22H35N5O3S. The van der Waals surface area contributed by atoms with Gasteiger partial charge in [0.15, 0.2) is 0 Å². The van der Waals surface area contributed by atoms with Gasteiger partial charge in [-0.3, -0.25) is 9.69 Å². The van der Waals surface area contributed by atoms with Gasteiger partial charge in [-0.15, -0.1) is 11.3 Å². The number of likely N-dealkylation sites (tertiary alicyclic amines) is 1. The van der Waals surface area contributed by atoms with Gasteiger partial charge in [-0.1, -0.05) is 6.92 Å². The minimum atomic E-state index is -0.584. The van der Waals surface area contributed by atoms with Crippen LogP contribution in [0.5, 0.6) is 0 Å². The number of rotatable bonds is 9. The average Bonchev–Trinajstić information content (AvgIpc) is 3.21. The maximum atomic E-state index is 12.0. The number of nitrogens with one attached hydrogen (secondary N) is 3. The van der Waals surface area contributed by atoms with Gasteiger partial charge >= 0.3 is 0 Å². The van der Waals surface area contributed by atoms with Crippen molar-refractivity contribution in [2.24, 2.45) is 5.11 Å². The highest BCUT2D eigenvalue weighted by Crippen LogP contribution is 2.44. The number of carbonyl (C=O) groups excluding carboxylic acids is 1. The van der Waals surface area contributed by atoms with Crippen LogP contribution in [0.3, 0.4) is 0 Å². The standard InChI is InChI=1S/C22H35N5O3S/c1-4-18-11-19-20(31-18)5-10-30-22(19)6-8-27(9-7-22)14-17(26-23)13-24-16(3)21(29)25-12-15(2)28/h11,13,15-16,23-24,28H,4-10,12,14H2,1-3H3,(H,25,29)/b17-13-,26-23?. The minimum absolute atomic E-state index is 0.162. The summed E-state index contributed by atoms with van der Waals surface area (Å²) in [5, 5.41) is 18.6. The smallest absolute Gasteiger partial charge is 0.242 e. The molecule has 0 bridgehead atoms. The number of nitrogens with zero attached hydrogens (tertiary/aromatic N) is 2. The van der Waals surface area contributed by atoms with Crippen LogP contribution in [0.1, 0.15) is 48.9 Å². The number of hydrogen-bond donors (Lipinski definition) is 4. The number of aryl methyl sites for hydroxylation is 1. The number of hydrogen-bond acceptors (Lipinski definition) is 8. The molecule has 1 spiro atoms. The Morgan fingerprint density at radius 1 is 1.45 bits per heavy atom. The third-order valence-corrected chi connectivity index (χ3v) is 7.40. The van der Waals surface area contributed by atoms with Crippen molar-refractivity contribution >= 4 is 17.2 Å². The summed E-state index contributed by atoms with van der Waals surface area (Å²) in [6.45, 7) is 8.91. The molecule has 1 aromatic heterocycles. The Morgan fingerprint density at radius 3 is 2.84 bits per heavy atom. The Bertz CT molecular complexity index is 799. The molecule has 9 heteroatoms. The molecule has 4 N–H and O–H groups in total. The number of aliphatic hydroxyl groups is 1. The van der Waals surface area contributed by atoms with Gasteiger partial charge in [-0.05, 0) is 44.7 Å². The molecule has 0 radical (unpaired) electrons. The fourth-order valence-corrected chi connectivity index (χ4v) is 5.35. The molecule has 0 saturated carbocycles. The highest BCUT2D eigenvalue weighted by atomic mass is 32.1. The Balaban J connectivity index is 1.54. The summed E-state index contributed by atoms with van der Waals surface area (Å²) < 4.78 is 6.35. The summed E-state index contributed by atoms with van der Waals surface area (Å²) in [6, 6.07) is 1.88. The second-order valence-electron chi connectivity index (χ2n) is 8.50. The summed E-state index contributed by atoms with van der Waals surface area (Å²) in [5.41, 5.74) is 9.33. The normalized spacial score (nSPS) is 20.7. The lowest BCUT2D eigenvalue weighted by Crippen LogP contribution is -2.46. The molecule has 2 aliphatic rings. The van der Waals surface area contributed by atoms with E-state index in [9.17, 15) is 9.90 Å². The van der Waals surface area contributed by atoms with Crippen LogP contribution in [0.25, 0.3) is 0 Å². The van der Waals surface area contributed by atoms with Gasteiger partial charge in [-0.25, -0.2) is 5.53 Å². The molecule has 1 aromatic rings. The Labute approximate surface area is 188 Å². The Hall–Kier alpha value is -1.81. The SMILES string of the molecule is CCc1cc2c(s1)CCOC21CCN(C/C(=C/NC(C)C(=O)NCC(C)O)N=N)CC1. The van der Waals surface area contributed by atoms with Gasteiger partial charge in [0.1, 0.15) is 6.04 Å². The lowest BCUT2D eigenvalue weighted by atomic mass is 9.82. The van der Waals surface area contributed by atoms with Crippen LogP contribution in [-0.4, -0.2) is 60.8 Å². The van der Waals surface area contributed by atoms with Crippen molar-refractivity contribution in [1.29, 1.82) is 5.53 Å². The quantitative estimate of drug-likeness (QED) is 0.433. The van der Waals surface area contributed by atoms with Gasteiger partial charge in [-0.2, -0.15) is 5.11 Å². The van der Waals surface area contributed by atoms with E-state index in [0.29, 0.717) is 12.2 Å². The van der Waals surface area contributed by atoms with Gasteiger partial charge in [0.05, 0.1) is 24.0 Å². The van der Waals surface area contributed by atoms with Crippen molar-refractivity contribution in [1.82, 2.24) is 15.5 Å². The van der Waals surface area contributed by atoms with Crippen LogP contribution >= 0.6 is 11.3 Å². The van der Waals surface area contributed by atoms with Crippen molar-refractivity contribution in [3.05, 3.63) is 33.3 Å². The van der Waals surface area contributed by atoms with Crippen molar-refractivity contribution in [2.75, 3.05) is 32.8 Å². The summed E-state index contributed by atoms with van der Waals surface area (Å²) in [5.74, 6) is -0.200. The fraction of sp³-hybridized carbons (Fsp3) is 0.682. The molecular weight excluding hydrogens is 414 g/mol. The van der Waals surface area contributed by atoms with Crippen LogP contribution in [0.15, 0.2) is 23.1 Å². The molecule has 1 fully saturated rings. The predicted molar refractivity (Wildman–Crippen MR) is 121 cm³/mol. The molecule has 3 heterocycles. The van der Waals surface area contributed by atoms with Gasteiger partial charge in [0.2, 0.25) is 5.91 Å². The molecule has 3 rings (SSSR count).